The van der Waals surface area contributed by atoms with Crippen molar-refractivity contribution in [3.8, 4) is 0 Å². The quantitative estimate of drug-likeness (QED) is 0.898. The number of nitrogens with zero attached hydrogens (tertiary/aromatic N) is 1. The van der Waals surface area contributed by atoms with Crippen molar-refractivity contribution in [1.29, 1.82) is 0 Å². The first-order valence-corrected chi connectivity index (χ1v) is 8.61. The van der Waals surface area contributed by atoms with Gasteiger partial charge in [-0.1, -0.05) is 19.9 Å². The molecule has 1 N–H and O–H groups in total. The summed E-state index contributed by atoms with van der Waals surface area (Å²) < 4.78 is 1.23. The summed E-state index contributed by atoms with van der Waals surface area (Å²) in [5.41, 5.74) is 2.71. The normalized spacial score (nSPS) is 27.1. The van der Waals surface area contributed by atoms with Crippen molar-refractivity contribution >= 4 is 21.6 Å². The number of nitrogens with one attached hydrogen (secondary N) is 1. The first-order chi connectivity index (χ1) is 9.56. The minimum atomic E-state index is 0.586. The third-order valence-corrected chi connectivity index (χ3v) is 5.43. The lowest BCUT2D eigenvalue weighted by atomic mass is 9.96. The van der Waals surface area contributed by atoms with Gasteiger partial charge in [-0.15, -0.1) is 0 Å². The van der Waals surface area contributed by atoms with Crippen molar-refractivity contribution in [1.82, 2.24) is 5.32 Å². The topological polar surface area (TPSA) is 15.3 Å². The molecule has 1 heterocycles. The van der Waals surface area contributed by atoms with E-state index >= 15 is 0 Å². The van der Waals surface area contributed by atoms with E-state index < -0.39 is 0 Å². The van der Waals surface area contributed by atoms with Gasteiger partial charge in [0.1, 0.15) is 0 Å². The predicted molar refractivity (Wildman–Crippen MR) is 89.4 cm³/mol. The molecule has 0 bridgehead atoms. The zero-order chi connectivity index (χ0) is 14.3. The number of piperazine rings is 1. The van der Waals surface area contributed by atoms with E-state index in [0.717, 1.165) is 19.0 Å². The van der Waals surface area contributed by atoms with Crippen molar-refractivity contribution in [2.24, 2.45) is 11.8 Å². The van der Waals surface area contributed by atoms with Crippen molar-refractivity contribution in [2.45, 2.75) is 45.7 Å². The number of hydrogen-bond acceptors (Lipinski definition) is 2. The van der Waals surface area contributed by atoms with Crippen LogP contribution in [0.1, 0.15) is 32.3 Å². The van der Waals surface area contributed by atoms with E-state index in [1.807, 2.05) is 0 Å². The van der Waals surface area contributed by atoms with Gasteiger partial charge in [-0.2, -0.15) is 0 Å². The first-order valence-electron chi connectivity index (χ1n) is 7.82. The fraction of sp³-hybridized carbons (Fsp3) is 0.647. The lowest BCUT2D eigenvalue weighted by Crippen LogP contribution is -2.59. The second kappa shape index (κ2) is 5.69. The molecule has 1 aliphatic heterocycles. The first kappa shape index (κ1) is 14.4. The van der Waals surface area contributed by atoms with Crippen molar-refractivity contribution in [3.63, 3.8) is 0 Å². The Morgan fingerprint density at radius 3 is 2.70 bits per heavy atom. The second-order valence-electron chi connectivity index (χ2n) is 6.77. The molecule has 110 valence electrons. The van der Waals surface area contributed by atoms with Crippen molar-refractivity contribution in [3.05, 3.63) is 28.2 Å². The van der Waals surface area contributed by atoms with Gasteiger partial charge in [-0.3, -0.25) is 0 Å². The standard InChI is InChI=1S/C17H25BrN2/c1-11(2)17-9-19-15(13-5-6-13)10-20(17)16-8-12(3)4-7-14(16)18/h4,7-8,11,13,15,17,19H,5-6,9-10H2,1-3H3. The van der Waals surface area contributed by atoms with Crippen LogP contribution in [-0.4, -0.2) is 25.2 Å². The molecule has 2 atom stereocenters. The summed E-state index contributed by atoms with van der Waals surface area (Å²) in [6.07, 6.45) is 2.82. The van der Waals surface area contributed by atoms with Gasteiger partial charge >= 0.3 is 0 Å². The molecular formula is C17H25BrN2. The van der Waals surface area contributed by atoms with Crippen LogP contribution in [0.3, 0.4) is 0 Å². The lowest BCUT2D eigenvalue weighted by Gasteiger charge is -2.44. The molecule has 0 radical (unpaired) electrons. The van der Waals surface area contributed by atoms with Crippen LogP contribution in [-0.2, 0) is 0 Å². The Kier molecular flexibility index (Phi) is 4.09. The highest BCUT2D eigenvalue weighted by Crippen LogP contribution is 2.38. The molecule has 0 spiro atoms. The van der Waals surface area contributed by atoms with Crippen LogP contribution in [0, 0.1) is 18.8 Å². The van der Waals surface area contributed by atoms with Gasteiger partial charge in [-0.25, -0.2) is 0 Å². The third-order valence-electron chi connectivity index (χ3n) is 4.75. The van der Waals surface area contributed by atoms with E-state index in [9.17, 15) is 0 Å². The average molecular weight is 337 g/mol. The molecule has 1 aromatic carbocycles. The number of halogens is 1. The van der Waals surface area contributed by atoms with E-state index in [0.29, 0.717) is 18.0 Å². The van der Waals surface area contributed by atoms with Gasteiger partial charge < -0.3 is 10.2 Å². The molecular weight excluding hydrogens is 312 g/mol. The Morgan fingerprint density at radius 1 is 1.30 bits per heavy atom. The zero-order valence-corrected chi connectivity index (χ0v) is 14.3. The molecule has 2 fully saturated rings. The molecule has 0 amide bonds. The number of anilines is 1. The van der Waals surface area contributed by atoms with Gasteiger partial charge in [0.15, 0.2) is 0 Å². The molecule has 3 rings (SSSR count). The minimum absolute atomic E-state index is 0.586. The second-order valence-corrected chi connectivity index (χ2v) is 7.63. The van der Waals surface area contributed by atoms with Crippen LogP contribution in [0.4, 0.5) is 5.69 Å². The Morgan fingerprint density at radius 2 is 2.05 bits per heavy atom. The molecule has 1 aromatic rings. The maximum absolute atomic E-state index is 3.79. The minimum Gasteiger partial charge on any atom is -0.365 e. The molecule has 3 heteroatoms. The van der Waals surface area contributed by atoms with E-state index in [-0.39, 0.29) is 0 Å². The van der Waals surface area contributed by atoms with E-state index in [1.54, 1.807) is 0 Å². The highest BCUT2D eigenvalue weighted by atomic mass is 79.9. The Balaban J connectivity index is 1.89. The molecule has 1 saturated carbocycles. The number of rotatable bonds is 3. The fourth-order valence-electron chi connectivity index (χ4n) is 3.32. The number of aryl methyl sites for hydroxylation is 1. The lowest BCUT2D eigenvalue weighted by molar-refractivity contribution is 0.320. The van der Waals surface area contributed by atoms with E-state index in [1.165, 1.54) is 28.6 Å². The highest BCUT2D eigenvalue weighted by molar-refractivity contribution is 9.10. The number of benzene rings is 1. The molecule has 2 aliphatic rings. The molecule has 2 unspecified atom stereocenters. The summed E-state index contributed by atoms with van der Waals surface area (Å²) in [7, 11) is 0. The monoisotopic (exact) mass is 336 g/mol. The van der Waals surface area contributed by atoms with Crippen LogP contribution in [0.25, 0.3) is 0 Å². The summed E-state index contributed by atoms with van der Waals surface area (Å²) in [6, 6.07) is 7.96. The van der Waals surface area contributed by atoms with Gasteiger partial charge in [0.25, 0.3) is 0 Å². The molecule has 1 saturated heterocycles. The van der Waals surface area contributed by atoms with Crippen molar-refractivity contribution < 1.29 is 0 Å². The number of hydrogen-bond donors (Lipinski definition) is 1. The zero-order valence-electron chi connectivity index (χ0n) is 12.7. The molecule has 2 nitrogen and oxygen atoms in total. The smallest absolute Gasteiger partial charge is 0.0516 e. The molecule has 1 aliphatic carbocycles. The van der Waals surface area contributed by atoms with Crippen LogP contribution in [0.2, 0.25) is 0 Å². The van der Waals surface area contributed by atoms with E-state index in [4.69, 9.17) is 0 Å². The van der Waals surface area contributed by atoms with Gasteiger partial charge in [0, 0.05) is 29.6 Å². The van der Waals surface area contributed by atoms with Gasteiger partial charge in [-0.05, 0) is 65.2 Å². The highest BCUT2D eigenvalue weighted by Gasteiger charge is 2.38. The van der Waals surface area contributed by atoms with Gasteiger partial charge in [0.2, 0.25) is 0 Å². The van der Waals surface area contributed by atoms with Crippen LogP contribution in [0.15, 0.2) is 22.7 Å². The summed E-state index contributed by atoms with van der Waals surface area (Å²) >= 11 is 3.75. The Labute approximate surface area is 131 Å². The third kappa shape index (κ3) is 2.89. The Bertz CT molecular complexity index is 482. The fourth-order valence-corrected chi connectivity index (χ4v) is 3.80. The van der Waals surface area contributed by atoms with Crippen LogP contribution in [0.5, 0.6) is 0 Å². The molecule has 0 aromatic heterocycles. The summed E-state index contributed by atoms with van der Waals surface area (Å²) in [5, 5.41) is 3.79. The maximum atomic E-state index is 3.79. The van der Waals surface area contributed by atoms with Gasteiger partial charge in [0.05, 0.1) is 5.69 Å². The van der Waals surface area contributed by atoms with Crippen molar-refractivity contribution in [2.75, 3.05) is 18.0 Å². The SMILES string of the molecule is Cc1ccc(Br)c(N2CC(C3CC3)NCC2C(C)C)c1. The molecule has 20 heavy (non-hydrogen) atoms. The summed E-state index contributed by atoms with van der Waals surface area (Å²) in [5.74, 6) is 1.57. The summed E-state index contributed by atoms with van der Waals surface area (Å²) in [6.45, 7) is 9.11. The van der Waals surface area contributed by atoms with Crippen LogP contribution >= 0.6 is 15.9 Å². The Hall–Kier alpha value is -0.540. The largest absolute Gasteiger partial charge is 0.365 e. The van der Waals surface area contributed by atoms with Crippen LogP contribution < -0.4 is 10.2 Å². The van der Waals surface area contributed by atoms with E-state index in [2.05, 4.69) is 65.1 Å². The maximum Gasteiger partial charge on any atom is 0.0516 e. The predicted octanol–water partition coefficient (Wildman–Crippen LogP) is 3.97. The average Bonchev–Trinajstić information content (AvgIpc) is 3.25. The summed E-state index contributed by atoms with van der Waals surface area (Å²) in [4.78, 5) is 2.64.